The maximum absolute atomic E-state index is 12.9. The van der Waals surface area contributed by atoms with Crippen molar-refractivity contribution in [2.45, 2.75) is 25.9 Å². The second-order valence-electron chi connectivity index (χ2n) is 7.98. The summed E-state index contributed by atoms with van der Waals surface area (Å²) in [5.74, 6) is 0.0652. The van der Waals surface area contributed by atoms with Gasteiger partial charge in [-0.2, -0.15) is 5.26 Å². The number of benzene rings is 2. The summed E-state index contributed by atoms with van der Waals surface area (Å²) in [6, 6.07) is 20.8. The first-order valence-electron chi connectivity index (χ1n) is 10.9. The van der Waals surface area contributed by atoms with E-state index in [0.29, 0.717) is 13.0 Å². The summed E-state index contributed by atoms with van der Waals surface area (Å²) in [6.45, 7) is 5.03. The second kappa shape index (κ2) is 10.1. The van der Waals surface area contributed by atoms with Crippen LogP contribution in [0.4, 0.5) is 0 Å². The van der Waals surface area contributed by atoms with Crippen LogP contribution in [-0.4, -0.2) is 46.5 Å². The molecule has 0 spiro atoms. The van der Waals surface area contributed by atoms with Gasteiger partial charge in [0.2, 0.25) is 5.91 Å². The van der Waals surface area contributed by atoms with E-state index in [1.54, 1.807) is 6.08 Å². The van der Waals surface area contributed by atoms with Crippen LogP contribution in [0.25, 0.3) is 17.0 Å². The molecule has 1 aliphatic rings. The van der Waals surface area contributed by atoms with E-state index < -0.39 is 0 Å². The molecule has 1 amide bonds. The molecule has 158 valence electrons. The van der Waals surface area contributed by atoms with E-state index in [-0.39, 0.29) is 5.91 Å². The molecule has 1 aromatic heterocycles. The van der Waals surface area contributed by atoms with Crippen molar-refractivity contribution in [1.82, 2.24) is 14.4 Å². The third kappa shape index (κ3) is 5.22. The van der Waals surface area contributed by atoms with Gasteiger partial charge in [-0.1, -0.05) is 48.5 Å². The van der Waals surface area contributed by atoms with E-state index in [4.69, 9.17) is 5.26 Å². The first-order chi connectivity index (χ1) is 15.2. The van der Waals surface area contributed by atoms with Crippen LogP contribution in [-0.2, 0) is 17.9 Å². The van der Waals surface area contributed by atoms with E-state index >= 15 is 0 Å². The lowest BCUT2D eigenvalue weighted by Crippen LogP contribution is -2.34. The summed E-state index contributed by atoms with van der Waals surface area (Å²) >= 11 is 0. The Bertz CT molecular complexity index is 1090. The molecule has 2 aromatic carbocycles. The van der Waals surface area contributed by atoms with Crippen molar-refractivity contribution in [3.8, 4) is 6.07 Å². The fraction of sp³-hybridized carbons (Fsp3) is 0.308. The van der Waals surface area contributed by atoms with Gasteiger partial charge >= 0.3 is 0 Å². The van der Waals surface area contributed by atoms with Crippen LogP contribution in [0.1, 0.15) is 24.0 Å². The van der Waals surface area contributed by atoms with Crippen molar-refractivity contribution >= 4 is 22.9 Å². The van der Waals surface area contributed by atoms with Gasteiger partial charge in [0.15, 0.2) is 0 Å². The molecule has 0 bridgehead atoms. The van der Waals surface area contributed by atoms with Crippen LogP contribution < -0.4 is 0 Å². The summed E-state index contributed by atoms with van der Waals surface area (Å²) < 4.78 is 2.09. The summed E-state index contributed by atoms with van der Waals surface area (Å²) in [4.78, 5) is 17.3. The first kappa shape index (κ1) is 20.9. The standard InChI is InChI=1S/C26H28N4O/c27-14-6-16-30-21-23(24-10-4-5-11-25(24)30)12-13-26(31)29-17-7-15-28(18-19-29)20-22-8-2-1-3-9-22/h1-5,8-13,21H,6-7,15-20H2/b13-12+. The Hall–Kier alpha value is -3.36. The van der Waals surface area contributed by atoms with Crippen LogP contribution in [0.2, 0.25) is 0 Å². The van der Waals surface area contributed by atoms with E-state index in [1.165, 1.54) is 5.56 Å². The van der Waals surface area contributed by atoms with Crippen molar-refractivity contribution < 1.29 is 4.79 Å². The van der Waals surface area contributed by atoms with E-state index in [2.05, 4.69) is 51.9 Å². The molecule has 31 heavy (non-hydrogen) atoms. The SMILES string of the molecule is N#CCCn1cc(/C=C/C(=O)N2CCCN(Cc3ccccc3)CC2)c2ccccc21. The predicted octanol–water partition coefficient (Wildman–Crippen LogP) is 4.30. The van der Waals surface area contributed by atoms with E-state index in [9.17, 15) is 4.79 Å². The Morgan fingerprint density at radius 1 is 1.00 bits per heavy atom. The topological polar surface area (TPSA) is 52.3 Å². The molecule has 1 fully saturated rings. The minimum absolute atomic E-state index is 0.0652. The van der Waals surface area contributed by atoms with Gasteiger partial charge in [0.05, 0.1) is 12.5 Å². The highest BCUT2D eigenvalue weighted by Gasteiger charge is 2.18. The number of carbonyl (C=O) groups is 1. The second-order valence-corrected chi connectivity index (χ2v) is 7.98. The number of hydrogen-bond acceptors (Lipinski definition) is 3. The maximum atomic E-state index is 12.9. The Kier molecular flexibility index (Phi) is 6.81. The summed E-state index contributed by atoms with van der Waals surface area (Å²) in [7, 11) is 0. The fourth-order valence-corrected chi connectivity index (χ4v) is 4.22. The smallest absolute Gasteiger partial charge is 0.246 e. The number of aromatic nitrogens is 1. The Labute approximate surface area is 183 Å². The van der Waals surface area contributed by atoms with Crippen molar-refractivity contribution in [3.63, 3.8) is 0 Å². The van der Waals surface area contributed by atoms with Crippen molar-refractivity contribution in [2.75, 3.05) is 26.2 Å². The highest BCUT2D eigenvalue weighted by atomic mass is 16.2. The van der Waals surface area contributed by atoms with Crippen LogP contribution in [0.15, 0.2) is 66.9 Å². The number of amides is 1. The fourth-order valence-electron chi connectivity index (χ4n) is 4.22. The molecule has 0 radical (unpaired) electrons. The Morgan fingerprint density at radius 2 is 1.81 bits per heavy atom. The Balaban J connectivity index is 1.41. The lowest BCUT2D eigenvalue weighted by atomic mass is 10.1. The number of fused-ring (bicyclic) bond motifs is 1. The van der Waals surface area contributed by atoms with E-state index in [0.717, 1.165) is 55.6 Å². The number of nitrogens with zero attached hydrogens (tertiary/aromatic N) is 4. The quantitative estimate of drug-likeness (QED) is 0.567. The molecular formula is C26H28N4O. The zero-order valence-corrected chi connectivity index (χ0v) is 17.8. The highest BCUT2D eigenvalue weighted by molar-refractivity contribution is 5.96. The molecule has 2 heterocycles. The minimum Gasteiger partial charge on any atom is -0.346 e. The number of carbonyl (C=O) groups excluding carboxylic acids is 1. The molecule has 0 unspecified atom stereocenters. The molecule has 1 aliphatic heterocycles. The van der Waals surface area contributed by atoms with Gasteiger partial charge in [-0.05, 0) is 24.1 Å². The Morgan fingerprint density at radius 3 is 2.65 bits per heavy atom. The zero-order chi connectivity index (χ0) is 21.5. The molecule has 0 N–H and O–H groups in total. The van der Waals surface area contributed by atoms with Gasteiger partial charge in [0.1, 0.15) is 0 Å². The molecule has 3 aromatic rings. The largest absolute Gasteiger partial charge is 0.346 e. The number of para-hydroxylation sites is 1. The van der Waals surface area contributed by atoms with Gasteiger partial charge < -0.3 is 9.47 Å². The average Bonchev–Trinajstić information content (AvgIpc) is 2.98. The summed E-state index contributed by atoms with van der Waals surface area (Å²) in [6.07, 6.45) is 7.10. The lowest BCUT2D eigenvalue weighted by molar-refractivity contribution is -0.125. The van der Waals surface area contributed by atoms with Gasteiger partial charge in [0, 0.05) is 68.0 Å². The average molecular weight is 413 g/mol. The van der Waals surface area contributed by atoms with Gasteiger partial charge in [-0.15, -0.1) is 0 Å². The number of rotatable bonds is 6. The minimum atomic E-state index is 0.0652. The van der Waals surface area contributed by atoms with Gasteiger partial charge in [-0.25, -0.2) is 0 Å². The third-order valence-corrected chi connectivity index (χ3v) is 5.84. The molecule has 1 saturated heterocycles. The van der Waals surface area contributed by atoms with Crippen molar-refractivity contribution in [3.05, 3.63) is 78.0 Å². The molecule has 4 rings (SSSR count). The molecule has 0 saturated carbocycles. The molecule has 5 nitrogen and oxygen atoms in total. The summed E-state index contributed by atoms with van der Waals surface area (Å²) in [5.41, 5.74) is 3.42. The molecule has 0 aliphatic carbocycles. The first-order valence-corrected chi connectivity index (χ1v) is 10.9. The van der Waals surface area contributed by atoms with Crippen LogP contribution in [0.3, 0.4) is 0 Å². The van der Waals surface area contributed by atoms with Crippen LogP contribution in [0, 0.1) is 11.3 Å². The number of hydrogen-bond donors (Lipinski definition) is 0. The van der Waals surface area contributed by atoms with Crippen LogP contribution >= 0.6 is 0 Å². The molecule has 0 atom stereocenters. The number of aryl methyl sites for hydroxylation is 1. The summed E-state index contributed by atoms with van der Waals surface area (Å²) in [5, 5.41) is 10.0. The predicted molar refractivity (Wildman–Crippen MR) is 124 cm³/mol. The third-order valence-electron chi connectivity index (χ3n) is 5.84. The van der Waals surface area contributed by atoms with E-state index in [1.807, 2.05) is 35.4 Å². The van der Waals surface area contributed by atoms with Crippen molar-refractivity contribution in [2.24, 2.45) is 0 Å². The molecular weight excluding hydrogens is 384 g/mol. The molecule has 5 heteroatoms. The monoisotopic (exact) mass is 412 g/mol. The maximum Gasteiger partial charge on any atom is 0.246 e. The lowest BCUT2D eigenvalue weighted by Gasteiger charge is -2.21. The normalized spacial score (nSPS) is 15.3. The van der Waals surface area contributed by atoms with Gasteiger partial charge in [-0.3, -0.25) is 9.69 Å². The highest BCUT2D eigenvalue weighted by Crippen LogP contribution is 2.23. The van der Waals surface area contributed by atoms with Crippen LogP contribution in [0.5, 0.6) is 0 Å². The number of nitriles is 1. The van der Waals surface area contributed by atoms with Crippen molar-refractivity contribution in [1.29, 1.82) is 5.26 Å². The van der Waals surface area contributed by atoms with Gasteiger partial charge in [0.25, 0.3) is 0 Å². The zero-order valence-electron chi connectivity index (χ0n) is 17.8.